The van der Waals surface area contributed by atoms with Crippen molar-refractivity contribution in [2.24, 2.45) is 5.41 Å². The summed E-state index contributed by atoms with van der Waals surface area (Å²) in [6, 6.07) is 0. The van der Waals surface area contributed by atoms with Crippen molar-refractivity contribution in [2.45, 2.75) is 50.6 Å². The maximum atomic E-state index is 12.1. The van der Waals surface area contributed by atoms with Gasteiger partial charge in [-0.15, -0.1) is 6.58 Å². The van der Waals surface area contributed by atoms with Gasteiger partial charge >= 0.3 is 0 Å². The summed E-state index contributed by atoms with van der Waals surface area (Å²) in [5, 5.41) is 0. The SMILES string of the molecule is C=CC(=O)N(CCC)CCC(C)(I)OCC(C)(C=C)CN(CCC)C(=O)C=C. The number of rotatable bonds is 15. The van der Waals surface area contributed by atoms with Crippen LogP contribution in [0, 0.1) is 5.41 Å². The molecule has 0 N–H and O–H groups in total. The molecule has 0 aliphatic carbocycles. The van der Waals surface area contributed by atoms with Gasteiger partial charge in [-0.05, 0) is 54.5 Å². The Bertz CT molecular complexity index is 548. The van der Waals surface area contributed by atoms with E-state index >= 15 is 0 Å². The number of ether oxygens (including phenoxy) is 1. The first-order valence-electron chi connectivity index (χ1n) is 9.87. The lowest BCUT2D eigenvalue weighted by molar-refractivity contribution is -0.127. The van der Waals surface area contributed by atoms with Gasteiger partial charge in [0.2, 0.25) is 11.8 Å². The number of halogens is 1. The van der Waals surface area contributed by atoms with Crippen LogP contribution in [0.25, 0.3) is 0 Å². The molecule has 160 valence electrons. The Kier molecular flexibility index (Phi) is 12.6. The highest BCUT2D eigenvalue weighted by molar-refractivity contribution is 14.1. The molecule has 0 rings (SSSR count). The van der Waals surface area contributed by atoms with E-state index in [1.807, 2.05) is 33.8 Å². The van der Waals surface area contributed by atoms with Crippen LogP contribution in [0.15, 0.2) is 38.0 Å². The van der Waals surface area contributed by atoms with Crippen molar-refractivity contribution >= 4 is 34.4 Å². The lowest BCUT2D eigenvalue weighted by atomic mass is 9.91. The second kappa shape index (κ2) is 13.1. The number of carbonyl (C=O) groups is 2. The molecule has 0 spiro atoms. The quantitative estimate of drug-likeness (QED) is 0.142. The molecule has 0 heterocycles. The van der Waals surface area contributed by atoms with Gasteiger partial charge in [0.15, 0.2) is 0 Å². The van der Waals surface area contributed by atoms with E-state index in [1.165, 1.54) is 12.2 Å². The first-order valence-corrected chi connectivity index (χ1v) is 10.9. The zero-order valence-corrected chi connectivity index (χ0v) is 20.2. The fourth-order valence-electron chi connectivity index (χ4n) is 2.72. The number of carbonyl (C=O) groups excluding carboxylic acids is 2. The molecule has 28 heavy (non-hydrogen) atoms. The predicted molar refractivity (Wildman–Crippen MR) is 125 cm³/mol. The van der Waals surface area contributed by atoms with E-state index in [0.717, 1.165) is 12.8 Å². The monoisotopic (exact) mass is 504 g/mol. The predicted octanol–water partition coefficient (Wildman–Crippen LogP) is 4.59. The Hall–Kier alpha value is -1.15. The third-order valence-electron chi connectivity index (χ3n) is 4.54. The molecule has 2 unspecified atom stereocenters. The summed E-state index contributed by atoms with van der Waals surface area (Å²) < 4.78 is 5.77. The van der Waals surface area contributed by atoms with Crippen molar-refractivity contribution in [3.63, 3.8) is 0 Å². The van der Waals surface area contributed by atoms with Gasteiger partial charge in [0.05, 0.1) is 6.61 Å². The van der Waals surface area contributed by atoms with Crippen molar-refractivity contribution in [2.75, 3.05) is 32.8 Å². The number of alkyl halides is 1. The van der Waals surface area contributed by atoms with Crippen LogP contribution in [0.2, 0.25) is 0 Å². The van der Waals surface area contributed by atoms with Gasteiger partial charge in [0, 0.05) is 38.0 Å². The summed E-state index contributed by atoms with van der Waals surface area (Å²) in [6.07, 6.45) is 7.03. The van der Waals surface area contributed by atoms with E-state index in [-0.39, 0.29) is 17.2 Å². The zero-order valence-electron chi connectivity index (χ0n) is 18.0. The molecular weight excluding hydrogens is 467 g/mol. The van der Waals surface area contributed by atoms with Crippen LogP contribution in [-0.4, -0.2) is 58.0 Å². The van der Waals surface area contributed by atoms with Gasteiger partial charge in [-0.3, -0.25) is 9.59 Å². The maximum Gasteiger partial charge on any atom is 0.245 e. The summed E-state index contributed by atoms with van der Waals surface area (Å²) in [7, 11) is 0. The Morgan fingerprint density at radius 3 is 1.93 bits per heavy atom. The molecule has 0 saturated heterocycles. The summed E-state index contributed by atoms with van der Waals surface area (Å²) >= 11 is 2.28. The number of amides is 2. The second-order valence-corrected chi connectivity index (χ2v) is 9.77. The molecule has 0 aromatic heterocycles. The first-order chi connectivity index (χ1) is 13.1. The lowest BCUT2D eigenvalue weighted by Gasteiger charge is -2.36. The van der Waals surface area contributed by atoms with E-state index in [1.54, 1.807) is 9.80 Å². The third-order valence-corrected chi connectivity index (χ3v) is 5.39. The van der Waals surface area contributed by atoms with E-state index < -0.39 is 3.61 Å². The Balaban J connectivity index is 4.94. The molecule has 0 aromatic rings. The molecule has 2 amide bonds. The molecule has 0 radical (unpaired) electrons. The molecule has 0 bridgehead atoms. The molecule has 0 aromatic carbocycles. The molecule has 0 aliphatic heterocycles. The molecular formula is C22H37IN2O3. The standard InChI is InChI=1S/C22H37IN2O3/c1-8-14-24(19(26)10-3)16-13-22(7,23)28-18-21(6,12-5)17-25(15-9-2)20(27)11-4/h10-12H,3-5,8-9,13-18H2,1-2,6-7H3. The number of hydrogen-bond acceptors (Lipinski definition) is 3. The first kappa shape index (κ1) is 26.9. The van der Waals surface area contributed by atoms with Crippen LogP contribution in [0.3, 0.4) is 0 Å². The van der Waals surface area contributed by atoms with E-state index in [2.05, 4.69) is 42.3 Å². The van der Waals surface area contributed by atoms with E-state index in [4.69, 9.17) is 4.74 Å². The Morgan fingerprint density at radius 1 is 0.964 bits per heavy atom. The van der Waals surface area contributed by atoms with Gasteiger partial charge in [0.25, 0.3) is 0 Å². The average molecular weight is 504 g/mol. The summed E-state index contributed by atoms with van der Waals surface area (Å²) in [6.45, 7) is 22.2. The minimum atomic E-state index is -0.437. The van der Waals surface area contributed by atoms with Crippen LogP contribution in [0.1, 0.15) is 47.0 Å². The summed E-state index contributed by atoms with van der Waals surface area (Å²) in [4.78, 5) is 27.7. The highest BCUT2D eigenvalue weighted by Gasteiger charge is 2.30. The second-order valence-electron chi connectivity index (χ2n) is 7.49. The van der Waals surface area contributed by atoms with Crippen LogP contribution in [0.5, 0.6) is 0 Å². The van der Waals surface area contributed by atoms with Crippen LogP contribution in [-0.2, 0) is 14.3 Å². The number of nitrogens with zero attached hydrogens (tertiary/aromatic N) is 2. The van der Waals surface area contributed by atoms with Crippen molar-refractivity contribution in [1.29, 1.82) is 0 Å². The fourth-order valence-corrected chi connectivity index (χ4v) is 3.12. The average Bonchev–Trinajstić information content (AvgIpc) is 2.68. The zero-order chi connectivity index (χ0) is 21.8. The van der Waals surface area contributed by atoms with E-state index in [0.29, 0.717) is 39.2 Å². The summed E-state index contributed by atoms with van der Waals surface area (Å²) in [5.41, 5.74) is -0.375. The molecule has 0 aliphatic rings. The smallest absolute Gasteiger partial charge is 0.245 e. The molecule has 0 fully saturated rings. The number of hydrogen-bond donors (Lipinski definition) is 0. The molecule has 0 saturated carbocycles. The van der Waals surface area contributed by atoms with Crippen molar-refractivity contribution in [1.82, 2.24) is 9.80 Å². The fraction of sp³-hybridized carbons (Fsp3) is 0.636. The Labute approximate surface area is 185 Å². The van der Waals surface area contributed by atoms with Crippen molar-refractivity contribution < 1.29 is 14.3 Å². The Morgan fingerprint density at radius 2 is 1.46 bits per heavy atom. The molecule has 5 nitrogen and oxygen atoms in total. The van der Waals surface area contributed by atoms with Gasteiger partial charge in [-0.25, -0.2) is 0 Å². The van der Waals surface area contributed by atoms with Crippen molar-refractivity contribution in [3.8, 4) is 0 Å². The third kappa shape index (κ3) is 9.87. The minimum Gasteiger partial charge on any atom is -0.364 e. The summed E-state index contributed by atoms with van der Waals surface area (Å²) in [5.74, 6) is -0.131. The molecule has 6 heteroatoms. The topological polar surface area (TPSA) is 49.9 Å². The van der Waals surface area contributed by atoms with Crippen LogP contribution in [0.4, 0.5) is 0 Å². The normalized spacial score (nSPS) is 15.0. The highest BCUT2D eigenvalue weighted by atomic mass is 127. The van der Waals surface area contributed by atoms with Crippen LogP contribution >= 0.6 is 22.6 Å². The van der Waals surface area contributed by atoms with E-state index in [9.17, 15) is 9.59 Å². The van der Waals surface area contributed by atoms with Gasteiger partial charge in [-0.2, -0.15) is 0 Å². The highest BCUT2D eigenvalue weighted by Crippen LogP contribution is 2.30. The minimum absolute atomic E-state index is 0.0527. The maximum absolute atomic E-state index is 12.1. The van der Waals surface area contributed by atoms with Crippen molar-refractivity contribution in [3.05, 3.63) is 38.0 Å². The van der Waals surface area contributed by atoms with Gasteiger partial charge in [-0.1, -0.05) is 40.0 Å². The van der Waals surface area contributed by atoms with Crippen LogP contribution < -0.4 is 0 Å². The molecule has 2 atom stereocenters. The largest absolute Gasteiger partial charge is 0.364 e. The van der Waals surface area contributed by atoms with Gasteiger partial charge in [0.1, 0.15) is 3.61 Å². The van der Waals surface area contributed by atoms with Gasteiger partial charge < -0.3 is 14.5 Å². The lowest BCUT2D eigenvalue weighted by Crippen LogP contribution is -2.42.